The summed E-state index contributed by atoms with van der Waals surface area (Å²) in [5.74, 6) is 1.67. The molecule has 4 nitrogen and oxygen atoms in total. The highest BCUT2D eigenvalue weighted by Crippen LogP contribution is 2.19. The average molecular weight is 362 g/mol. The Balaban J connectivity index is 1.75. The molecule has 0 atom stereocenters. The number of likely N-dealkylation sites (N-methyl/N-ethyl adjacent to an activating group) is 1. The maximum absolute atomic E-state index is 12.3. The zero-order valence-electron chi connectivity index (χ0n) is 14.9. The molecule has 0 fully saturated rings. The molecule has 0 aliphatic rings. The highest BCUT2D eigenvalue weighted by Gasteiger charge is 2.11. The largest absolute Gasteiger partial charge is 0.496 e. The molecule has 0 aromatic heterocycles. The maximum Gasteiger partial charge on any atom is 0.226 e. The minimum absolute atomic E-state index is 0.0809. The van der Waals surface area contributed by atoms with Gasteiger partial charge in [-0.3, -0.25) is 4.79 Å². The van der Waals surface area contributed by atoms with Crippen molar-refractivity contribution >= 4 is 17.5 Å². The molecular formula is C20H24ClNO3. The number of benzene rings is 2. The molecule has 0 aliphatic heterocycles. The van der Waals surface area contributed by atoms with Gasteiger partial charge < -0.3 is 14.4 Å². The smallest absolute Gasteiger partial charge is 0.226 e. The summed E-state index contributed by atoms with van der Waals surface area (Å²) in [5, 5.41) is 0.686. The third-order valence-electron chi connectivity index (χ3n) is 3.97. The number of rotatable bonds is 8. The van der Waals surface area contributed by atoms with Crippen molar-refractivity contribution in [2.75, 3.05) is 27.3 Å². The fourth-order valence-corrected chi connectivity index (χ4v) is 2.56. The normalized spacial score (nSPS) is 10.4. The molecule has 134 valence electrons. The minimum atomic E-state index is 0.0809. The van der Waals surface area contributed by atoms with Crippen LogP contribution in [-0.2, 0) is 11.2 Å². The first-order chi connectivity index (χ1) is 12.0. The number of aryl methyl sites for hydroxylation is 1. The zero-order valence-corrected chi connectivity index (χ0v) is 15.7. The molecule has 0 bridgehead atoms. The monoisotopic (exact) mass is 361 g/mol. The Morgan fingerprint density at radius 3 is 2.56 bits per heavy atom. The van der Waals surface area contributed by atoms with Crippen LogP contribution in [0.25, 0.3) is 0 Å². The van der Waals surface area contributed by atoms with Crippen molar-refractivity contribution in [3.8, 4) is 11.5 Å². The van der Waals surface area contributed by atoms with E-state index >= 15 is 0 Å². The van der Waals surface area contributed by atoms with Gasteiger partial charge in [-0.1, -0.05) is 23.7 Å². The molecule has 2 aromatic rings. The highest BCUT2D eigenvalue weighted by molar-refractivity contribution is 6.30. The number of methoxy groups -OCH3 is 1. The topological polar surface area (TPSA) is 38.8 Å². The zero-order chi connectivity index (χ0) is 18.2. The van der Waals surface area contributed by atoms with Crippen LogP contribution in [0.15, 0.2) is 42.5 Å². The quantitative estimate of drug-likeness (QED) is 0.664. The number of carbonyl (C=O) groups excluding carboxylic acids is 1. The Bertz CT molecular complexity index is 701. The van der Waals surface area contributed by atoms with Crippen LogP contribution in [-0.4, -0.2) is 38.1 Å². The molecule has 1 amide bonds. The average Bonchev–Trinajstić information content (AvgIpc) is 2.61. The Kier molecular flexibility index (Phi) is 7.14. The van der Waals surface area contributed by atoms with E-state index in [9.17, 15) is 4.79 Å². The molecule has 0 saturated heterocycles. The van der Waals surface area contributed by atoms with Crippen LogP contribution in [0.5, 0.6) is 11.5 Å². The Hall–Kier alpha value is -2.20. The molecular weight excluding hydrogens is 338 g/mol. The lowest BCUT2D eigenvalue weighted by Gasteiger charge is -2.18. The number of ether oxygens (including phenoxy) is 2. The van der Waals surface area contributed by atoms with Gasteiger partial charge in [0.25, 0.3) is 0 Å². The van der Waals surface area contributed by atoms with Gasteiger partial charge in [0.2, 0.25) is 5.91 Å². The molecule has 0 unspecified atom stereocenters. The second-order valence-electron chi connectivity index (χ2n) is 5.95. The molecule has 0 radical (unpaired) electrons. The summed E-state index contributed by atoms with van der Waals surface area (Å²) in [7, 11) is 3.46. The van der Waals surface area contributed by atoms with Crippen LogP contribution in [0.3, 0.4) is 0 Å². The first-order valence-electron chi connectivity index (χ1n) is 8.25. The number of hydrogen-bond acceptors (Lipinski definition) is 3. The summed E-state index contributed by atoms with van der Waals surface area (Å²) in [6.07, 6.45) is 1.13. The number of hydrogen-bond donors (Lipinski definition) is 0. The van der Waals surface area contributed by atoms with Crippen molar-refractivity contribution in [3.63, 3.8) is 0 Å². The first-order valence-corrected chi connectivity index (χ1v) is 8.63. The molecule has 0 saturated carbocycles. The van der Waals surface area contributed by atoms with Crippen LogP contribution in [0.2, 0.25) is 5.02 Å². The fraction of sp³-hybridized carbons (Fsp3) is 0.350. The highest BCUT2D eigenvalue weighted by atomic mass is 35.5. The summed E-state index contributed by atoms with van der Waals surface area (Å²) < 4.78 is 10.9. The van der Waals surface area contributed by atoms with Gasteiger partial charge in [-0.05, 0) is 54.8 Å². The van der Waals surface area contributed by atoms with Crippen molar-refractivity contribution in [1.82, 2.24) is 4.90 Å². The predicted molar refractivity (Wildman–Crippen MR) is 101 cm³/mol. The standard InChI is InChI=1S/C20H24ClNO3/c1-15-5-6-16(13-19(15)24-3)14-20(23)22(2)11-4-12-25-18-9-7-17(21)8-10-18/h5-10,13H,4,11-12,14H2,1-3H3. The summed E-state index contributed by atoms with van der Waals surface area (Å²) >= 11 is 5.84. The van der Waals surface area contributed by atoms with E-state index in [4.69, 9.17) is 21.1 Å². The molecule has 5 heteroatoms. The molecule has 0 N–H and O–H groups in total. The number of amides is 1. The predicted octanol–water partition coefficient (Wildman–Crippen LogP) is 4.13. The van der Waals surface area contributed by atoms with Gasteiger partial charge in [-0.2, -0.15) is 0 Å². The number of nitrogens with zero attached hydrogens (tertiary/aromatic N) is 1. The van der Waals surface area contributed by atoms with Gasteiger partial charge in [0, 0.05) is 18.6 Å². The summed E-state index contributed by atoms with van der Waals surface area (Å²) in [4.78, 5) is 14.1. The minimum Gasteiger partial charge on any atom is -0.496 e. The second kappa shape index (κ2) is 9.33. The summed E-state index contributed by atoms with van der Waals surface area (Å²) in [6.45, 7) is 3.18. The van der Waals surface area contributed by atoms with Gasteiger partial charge in [0.05, 0.1) is 20.1 Å². The van der Waals surface area contributed by atoms with E-state index in [2.05, 4.69) is 0 Å². The lowest BCUT2D eigenvalue weighted by molar-refractivity contribution is -0.129. The van der Waals surface area contributed by atoms with E-state index in [1.54, 1.807) is 24.1 Å². The van der Waals surface area contributed by atoms with E-state index in [1.807, 2.05) is 44.3 Å². The van der Waals surface area contributed by atoms with Gasteiger partial charge in [0.1, 0.15) is 11.5 Å². The molecule has 0 spiro atoms. The molecule has 0 heterocycles. The third kappa shape index (κ3) is 5.98. The van der Waals surface area contributed by atoms with Gasteiger partial charge >= 0.3 is 0 Å². The molecule has 2 aromatic carbocycles. The first kappa shape index (κ1) is 19.1. The van der Waals surface area contributed by atoms with Gasteiger partial charge in [0.15, 0.2) is 0 Å². The summed E-state index contributed by atoms with van der Waals surface area (Å²) in [5.41, 5.74) is 2.02. The lowest BCUT2D eigenvalue weighted by Crippen LogP contribution is -2.30. The Morgan fingerprint density at radius 2 is 1.88 bits per heavy atom. The van der Waals surface area contributed by atoms with Crippen molar-refractivity contribution in [1.29, 1.82) is 0 Å². The van der Waals surface area contributed by atoms with Crippen molar-refractivity contribution in [2.24, 2.45) is 0 Å². The van der Waals surface area contributed by atoms with E-state index < -0.39 is 0 Å². The SMILES string of the molecule is COc1cc(CC(=O)N(C)CCCOc2ccc(Cl)cc2)ccc1C. The molecule has 2 rings (SSSR count). The van der Waals surface area contributed by atoms with Crippen LogP contribution in [0.4, 0.5) is 0 Å². The van der Waals surface area contributed by atoms with Crippen molar-refractivity contribution < 1.29 is 14.3 Å². The van der Waals surface area contributed by atoms with Crippen LogP contribution >= 0.6 is 11.6 Å². The fourth-order valence-electron chi connectivity index (χ4n) is 2.43. The van der Waals surface area contributed by atoms with Crippen LogP contribution < -0.4 is 9.47 Å². The molecule has 25 heavy (non-hydrogen) atoms. The van der Waals surface area contributed by atoms with Crippen LogP contribution in [0, 0.1) is 6.92 Å². The van der Waals surface area contributed by atoms with Gasteiger partial charge in [-0.25, -0.2) is 0 Å². The van der Waals surface area contributed by atoms with Crippen molar-refractivity contribution in [3.05, 3.63) is 58.6 Å². The van der Waals surface area contributed by atoms with Gasteiger partial charge in [-0.15, -0.1) is 0 Å². The number of halogens is 1. The maximum atomic E-state index is 12.3. The lowest BCUT2D eigenvalue weighted by atomic mass is 10.1. The third-order valence-corrected chi connectivity index (χ3v) is 4.23. The second-order valence-corrected chi connectivity index (χ2v) is 6.39. The van der Waals surface area contributed by atoms with Crippen LogP contribution in [0.1, 0.15) is 17.5 Å². The van der Waals surface area contributed by atoms with E-state index in [-0.39, 0.29) is 5.91 Å². The van der Waals surface area contributed by atoms with Crippen molar-refractivity contribution in [2.45, 2.75) is 19.8 Å². The Morgan fingerprint density at radius 1 is 1.16 bits per heavy atom. The summed E-state index contributed by atoms with van der Waals surface area (Å²) in [6, 6.07) is 13.1. The van der Waals surface area contributed by atoms with E-state index in [1.165, 1.54) is 0 Å². The van der Waals surface area contributed by atoms with E-state index in [0.29, 0.717) is 24.6 Å². The Labute approximate surface area is 154 Å². The van der Waals surface area contributed by atoms with E-state index in [0.717, 1.165) is 29.0 Å². The molecule has 0 aliphatic carbocycles. The number of carbonyl (C=O) groups is 1.